The van der Waals surface area contributed by atoms with Gasteiger partial charge in [0.1, 0.15) is 5.75 Å². The van der Waals surface area contributed by atoms with E-state index in [0.29, 0.717) is 5.75 Å². The molecule has 1 aliphatic rings. The van der Waals surface area contributed by atoms with Crippen molar-refractivity contribution in [1.82, 2.24) is 10.2 Å². The molecule has 1 aromatic carbocycles. The summed E-state index contributed by atoms with van der Waals surface area (Å²) in [5.41, 5.74) is 0. The van der Waals surface area contributed by atoms with Crippen LogP contribution in [0.4, 0.5) is 0 Å². The molecule has 0 aliphatic carbocycles. The first-order chi connectivity index (χ1) is 12.0. The molecule has 1 N–H and O–H groups in total. The van der Waals surface area contributed by atoms with Crippen molar-refractivity contribution in [3.8, 4) is 5.75 Å². The van der Waals surface area contributed by atoms with E-state index in [9.17, 15) is 4.79 Å². The van der Waals surface area contributed by atoms with E-state index < -0.39 is 6.10 Å². The summed E-state index contributed by atoms with van der Waals surface area (Å²) in [6, 6.07) is 7.68. The zero-order valence-electron chi connectivity index (χ0n) is 15.3. The van der Waals surface area contributed by atoms with Gasteiger partial charge >= 0.3 is 0 Å². The lowest BCUT2D eigenvalue weighted by Gasteiger charge is -2.28. The van der Waals surface area contributed by atoms with Crippen LogP contribution in [-0.4, -0.2) is 55.8 Å². The fourth-order valence-electron chi connectivity index (χ4n) is 2.75. The number of carbonyl (C=O) groups is 1. The number of nitrogens with one attached hydrogen (secondary N) is 1. The molecule has 0 aromatic heterocycles. The molecular formula is C19H29BrN2O3. The second kappa shape index (κ2) is 10.1. The Morgan fingerprint density at radius 2 is 1.88 bits per heavy atom. The Hall–Kier alpha value is -1.11. The molecule has 25 heavy (non-hydrogen) atoms. The highest BCUT2D eigenvalue weighted by Gasteiger charge is 2.25. The minimum absolute atomic E-state index is 0.0487. The number of benzene rings is 1. The molecular weight excluding hydrogens is 384 g/mol. The van der Waals surface area contributed by atoms with Crippen LogP contribution in [0, 0.1) is 5.92 Å². The molecule has 2 unspecified atom stereocenters. The maximum absolute atomic E-state index is 12.6. The van der Waals surface area contributed by atoms with Gasteiger partial charge in [-0.3, -0.25) is 9.69 Å². The maximum atomic E-state index is 12.6. The quantitative estimate of drug-likeness (QED) is 0.712. The van der Waals surface area contributed by atoms with Crippen molar-refractivity contribution in [3.63, 3.8) is 0 Å². The van der Waals surface area contributed by atoms with E-state index >= 15 is 0 Å². The third-order valence-corrected chi connectivity index (χ3v) is 4.84. The molecule has 1 aromatic rings. The number of rotatable bonds is 8. The van der Waals surface area contributed by atoms with E-state index in [1.165, 1.54) is 0 Å². The number of amides is 1. The van der Waals surface area contributed by atoms with Gasteiger partial charge in [-0.1, -0.05) is 29.8 Å². The van der Waals surface area contributed by atoms with Gasteiger partial charge in [0.15, 0.2) is 6.10 Å². The summed E-state index contributed by atoms with van der Waals surface area (Å²) in [4.78, 5) is 15.0. The largest absolute Gasteiger partial charge is 0.480 e. The van der Waals surface area contributed by atoms with Crippen molar-refractivity contribution in [3.05, 3.63) is 28.7 Å². The summed E-state index contributed by atoms with van der Waals surface area (Å²) >= 11 is 3.41. The highest BCUT2D eigenvalue weighted by molar-refractivity contribution is 9.10. The van der Waals surface area contributed by atoms with Gasteiger partial charge in [0.2, 0.25) is 0 Å². The number of nitrogens with zero attached hydrogens (tertiary/aromatic N) is 1. The lowest BCUT2D eigenvalue weighted by molar-refractivity contribution is -0.130. The average Bonchev–Trinajstić information content (AvgIpc) is 2.60. The fourth-order valence-corrected chi connectivity index (χ4v) is 3.01. The first-order valence-electron chi connectivity index (χ1n) is 8.98. The molecule has 2 rings (SSSR count). The number of carbonyl (C=O) groups excluding carboxylic acids is 1. The third kappa shape index (κ3) is 6.96. The number of halogens is 1. The van der Waals surface area contributed by atoms with E-state index in [1.807, 2.05) is 38.1 Å². The van der Waals surface area contributed by atoms with Crippen LogP contribution in [0.2, 0.25) is 0 Å². The van der Waals surface area contributed by atoms with E-state index in [0.717, 1.165) is 43.7 Å². The summed E-state index contributed by atoms with van der Waals surface area (Å²) in [6.07, 6.45) is 0.432. The third-order valence-electron chi connectivity index (χ3n) is 4.31. The fraction of sp³-hybridized carbons (Fsp3) is 0.632. The summed E-state index contributed by atoms with van der Waals surface area (Å²) in [5.74, 6) is 0.750. The van der Waals surface area contributed by atoms with E-state index in [4.69, 9.17) is 9.47 Å². The number of hydrogen-bond acceptors (Lipinski definition) is 4. The molecule has 0 spiro atoms. The summed E-state index contributed by atoms with van der Waals surface area (Å²) < 4.78 is 12.3. The smallest absolute Gasteiger partial charge is 0.261 e. The van der Waals surface area contributed by atoms with E-state index in [2.05, 4.69) is 33.1 Å². The highest BCUT2D eigenvalue weighted by atomic mass is 79.9. The highest BCUT2D eigenvalue weighted by Crippen LogP contribution is 2.19. The van der Waals surface area contributed by atoms with E-state index in [1.54, 1.807) is 0 Å². The standard InChI is InChI=1S/C19H29BrN2O3/c1-14(2)18(25-17-6-4-16(20)5-7-17)19(23)21-15(3)8-9-22-10-12-24-13-11-22/h4-7,14-15,18H,8-13H2,1-3H3,(H,21,23). The Morgan fingerprint density at radius 3 is 2.48 bits per heavy atom. The normalized spacial score (nSPS) is 18.0. The molecule has 0 radical (unpaired) electrons. The van der Waals surface area contributed by atoms with E-state index in [-0.39, 0.29) is 17.9 Å². The molecule has 140 valence electrons. The minimum atomic E-state index is -0.494. The molecule has 1 heterocycles. The van der Waals surface area contributed by atoms with Crippen LogP contribution < -0.4 is 10.1 Å². The predicted molar refractivity (Wildman–Crippen MR) is 103 cm³/mol. The maximum Gasteiger partial charge on any atom is 0.261 e. The van der Waals surface area contributed by atoms with Gasteiger partial charge in [-0.05, 0) is 43.5 Å². The SMILES string of the molecule is CC(CCN1CCOCC1)NC(=O)C(Oc1ccc(Br)cc1)C(C)C. The number of morpholine rings is 1. The zero-order valence-corrected chi connectivity index (χ0v) is 16.9. The van der Waals surface area contributed by atoms with Gasteiger partial charge in [-0.2, -0.15) is 0 Å². The van der Waals surface area contributed by atoms with Crippen LogP contribution in [0.15, 0.2) is 28.7 Å². The van der Waals surface area contributed by atoms with Crippen LogP contribution in [0.25, 0.3) is 0 Å². The summed E-state index contributed by atoms with van der Waals surface area (Å²) in [6.45, 7) is 10.6. The molecule has 0 bridgehead atoms. The molecule has 1 saturated heterocycles. The molecule has 1 fully saturated rings. The first kappa shape index (κ1) is 20.2. The second-order valence-corrected chi connectivity index (χ2v) is 7.80. The second-order valence-electron chi connectivity index (χ2n) is 6.89. The van der Waals surface area contributed by atoms with Crippen molar-refractivity contribution in [1.29, 1.82) is 0 Å². The molecule has 5 nitrogen and oxygen atoms in total. The van der Waals surface area contributed by atoms with Crippen LogP contribution in [0.1, 0.15) is 27.2 Å². The van der Waals surface area contributed by atoms with Crippen LogP contribution in [-0.2, 0) is 9.53 Å². The lowest BCUT2D eigenvalue weighted by atomic mass is 10.1. The van der Waals surface area contributed by atoms with Crippen LogP contribution in [0.5, 0.6) is 5.75 Å². The Bertz CT molecular complexity index is 530. The minimum Gasteiger partial charge on any atom is -0.480 e. The van der Waals surface area contributed by atoms with Gasteiger partial charge in [0.25, 0.3) is 5.91 Å². The Balaban J connectivity index is 1.82. The predicted octanol–water partition coefficient (Wildman–Crippen LogP) is 3.08. The topological polar surface area (TPSA) is 50.8 Å². The number of hydrogen-bond donors (Lipinski definition) is 1. The van der Waals surface area contributed by atoms with Crippen LogP contribution >= 0.6 is 15.9 Å². The van der Waals surface area contributed by atoms with Crippen LogP contribution in [0.3, 0.4) is 0 Å². The van der Waals surface area contributed by atoms with Gasteiger partial charge in [-0.15, -0.1) is 0 Å². The Kier molecular flexibility index (Phi) is 8.19. The summed E-state index contributed by atoms with van der Waals surface area (Å²) in [5, 5.41) is 3.10. The summed E-state index contributed by atoms with van der Waals surface area (Å²) in [7, 11) is 0. The number of ether oxygens (including phenoxy) is 2. The zero-order chi connectivity index (χ0) is 18.2. The van der Waals surface area contributed by atoms with Crippen molar-refractivity contribution in [2.24, 2.45) is 5.92 Å². The van der Waals surface area contributed by atoms with Gasteiger partial charge in [0.05, 0.1) is 13.2 Å². The molecule has 0 saturated carbocycles. The van der Waals surface area contributed by atoms with Crippen molar-refractivity contribution >= 4 is 21.8 Å². The Labute approximate surface area is 159 Å². The van der Waals surface area contributed by atoms with Gasteiger partial charge < -0.3 is 14.8 Å². The molecule has 1 amide bonds. The van der Waals surface area contributed by atoms with Gasteiger partial charge in [0, 0.05) is 30.1 Å². The molecule has 1 aliphatic heterocycles. The monoisotopic (exact) mass is 412 g/mol. The first-order valence-corrected chi connectivity index (χ1v) is 9.77. The molecule has 2 atom stereocenters. The lowest BCUT2D eigenvalue weighted by Crippen LogP contribution is -2.46. The van der Waals surface area contributed by atoms with Crippen molar-refractivity contribution < 1.29 is 14.3 Å². The molecule has 6 heteroatoms. The van der Waals surface area contributed by atoms with Crippen molar-refractivity contribution in [2.75, 3.05) is 32.8 Å². The average molecular weight is 413 g/mol. The van der Waals surface area contributed by atoms with Crippen molar-refractivity contribution in [2.45, 2.75) is 39.3 Å². The Morgan fingerprint density at radius 1 is 1.24 bits per heavy atom. The van der Waals surface area contributed by atoms with Gasteiger partial charge in [-0.25, -0.2) is 0 Å².